The molecule has 0 bridgehead atoms. The summed E-state index contributed by atoms with van der Waals surface area (Å²) in [7, 11) is -2.30. The van der Waals surface area contributed by atoms with Crippen molar-refractivity contribution in [3.8, 4) is 0 Å². The fraction of sp³-hybridized carbons (Fsp3) is 0.250. The van der Waals surface area contributed by atoms with E-state index in [-0.39, 0.29) is 22.5 Å². The van der Waals surface area contributed by atoms with Crippen LogP contribution in [0.2, 0.25) is 5.15 Å². The zero-order valence-electron chi connectivity index (χ0n) is 13.4. The molecule has 2 aromatic rings. The summed E-state index contributed by atoms with van der Waals surface area (Å²) >= 11 is 5.82. The summed E-state index contributed by atoms with van der Waals surface area (Å²) in [6, 6.07) is 6.83. The van der Waals surface area contributed by atoms with Gasteiger partial charge in [0.1, 0.15) is 16.6 Å². The van der Waals surface area contributed by atoms with Gasteiger partial charge >= 0.3 is 0 Å². The maximum atomic E-state index is 13.2. The Morgan fingerprint density at radius 1 is 1.21 bits per heavy atom. The molecule has 126 valence electrons. The van der Waals surface area contributed by atoms with E-state index in [1.54, 1.807) is 26.1 Å². The Balaban J connectivity index is 2.22. The second-order valence-corrected chi connectivity index (χ2v) is 7.90. The van der Waals surface area contributed by atoms with Crippen molar-refractivity contribution in [2.75, 3.05) is 22.8 Å². The van der Waals surface area contributed by atoms with Gasteiger partial charge in [0.05, 0.1) is 11.4 Å². The van der Waals surface area contributed by atoms with Gasteiger partial charge in [-0.05, 0) is 37.1 Å². The van der Waals surface area contributed by atoms with Crippen molar-refractivity contribution in [2.24, 2.45) is 0 Å². The molecule has 1 aliphatic heterocycles. The lowest BCUT2D eigenvalue weighted by Gasteiger charge is -2.35. The van der Waals surface area contributed by atoms with Crippen molar-refractivity contribution >= 4 is 38.9 Å². The predicted octanol–water partition coefficient (Wildman–Crippen LogP) is 2.52. The van der Waals surface area contributed by atoms with Crippen LogP contribution in [0.4, 0.5) is 11.4 Å². The molecule has 1 amide bonds. The number of rotatable bonds is 2. The van der Waals surface area contributed by atoms with E-state index < -0.39 is 10.0 Å². The van der Waals surface area contributed by atoms with Gasteiger partial charge in [0.25, 0.3) is 10.0 Å². The van der Waals surface area contributed by atoms with Gasteiger partial charge in [0.15, 0.2) is 0 Å². The standard InChI is InChI=1S/C16H16ClN3O3S/c1-10-5-4-6-12-16(10)20(9-15(21)19(12)3)24(22,23)13-8-18-14(17)7-11(13)2/h4-8H,9H2,1-3H3. The summed E-state index contributed by atoms with van der Waals surface area (Å²) in [5, 5.41) is 0.220. The van der Waals surface area contributed by atoms with Crippen molar-refractivity contribution < 1.29 is 13.2 Å². The molecule has 3 rings (SSSR count). The van der Waals surface area contributed by atoms with Gasteiger partial charge in [-0.25, -0.2) is 13.4 Å². The first kappa shape index (κ1) is 16.7. The molecule has 6 nitrogen and oxygen atoms in total. The third-order valence-electron chi connectivity index (χ3n) is 4.08. The van der Waals surface area contributed by atoms with E-state index in [2.05, 4.69) is 4.98 Å². The lowest BCUT2D eigenvalue weighted by atomic mass is 10.1. The van der Waals surface area contributed by atoms with Crippen molar-refractivity contribution in [1.82, 2.24) is 4.98 Å². The van der Waals surface area contributed by atoms with Gasteiger partial charge in [-0.3, -0.25) is 9.10 Å². The summed E-state index contributed by atoms with van der Waals surface area (Å²) in [6.07, 6.45) is 1.23. The number of halogens is 1. The van der Waals surface area contributed by atoms with E-state index >= 15 is 0 Å². The Kier molecular flexibility index (Phi) is 4.01. The molecule has 0 fully saturated rings. The van der Waals surface area contributed by atoms with E-state index in [1.165, 1.54) is 17.2 Å². The summed E-state index contributed by atoms with van der Waals surface area (Å²) in [5.74, 6) is -0.295. The maximum absolute atomic E-state index is 13.2. The molecule has 24 heavy (non-hydrogen) atoms. The van der Waals surface area contributed by atoms with Crippen LogP contribution in [-0.2, 0) is 14.8 Å². The Morgan fingerprint density at radius 2 is 1.92 bits per heavy atom. The first-order valence-electron chi connectivity index (χ1n) is 7.24. The summed E-state index contributed by atoms with van der Waals surface area (Å²) in [6.45, 7) is 3.22. The second-order valence-electron chi connectivity index (χ2n) is 5.68. The van der Waals surface area contributed by atoms with Crippen LogP contribution in [0.15, 0.2) is 35.4 Å². The third-order valence-corrected chi connectivity index (χ3v) is 6.16. The number of carbonyl (C=O) groups is 1. The van der Waals surface area contributed by atoms with E-state index in [0.717, 1.165) is 9.87 Å². The fourth-order valence-corrected chi connectivity index (χ4v) is 4.64. The van der Waals surface area contributed by atoms with Gasteiger partial charge in [0.2, 0.25) is 5.91 Å². The first-order valence-corrected chi connectivity index (χ1v) is 9.06. The molecule has 8 heteroatoms. The predicted molar refractivity (Wildman–Crippen MR) is 93.1 cm³/mol. The van der Waals surface area contributed by atoms with Crippen LogP contribution in [0.1, 0.15) is 11.1 Å². The molecular weight excluding hydrogens is 350 g/mol. The molecule has 0 radical (unpaired) electrons. The number of nitrogens with zero attached hydrogens (tertiary/aromatic N) is 3. The second kappa shape index (κ2) is 5.75. The minimum Gasteiger partial charge on any atom is -0.312 e. The van der Waals surface area contributed by atoms with Crippen molar-refractivity contribution in [3.05, 3.63) is 46.7 Å². The molecule has 1 aromatic carbocycles. The van der Waals surface area contributed by atoms with Crippen LogP contribution < -0.4 is 9.21 Å². The molecule has 0 saturated carbocycles. The number of fused-ring (bicyclic) bond motifs is 1. The molecule has 2 heterocycles. The SMILES string of the molecule is Cc1cc(Cl)ncc1S(=O)(=O)N1CC(=O)N(C)c2cccc(C)c21. The van der Waals surface area contributed by atoms with Crippen molar-refractivity contribution in [2.45, 2.75) is 18.7 Å². The molecule has 0 saturated heterocycles. The average Bonchev–Trinajstić information content (AvgIpc) is 2.50. The van der Waals surface area contributed by atoms with E-state index in [1.807, 2.05) is 13.0 Å². The van der Waals surface area contributed by atoms with Crippen LogP contribution in [0.3, 0.4) is 0 Å². The highest BCUT2D eigenvalue weighted by atomic mass is 35.5. The number of hydrogen-bond acceptors (Lipinski definition) is 4. The lowest BCUT2D eigenvalue weighted by Crippen LogP contribution is -2.47. The number of anilines is 2. The van der Waals surface area contributed by atoms with Crippen LogP contribution in [0.25, 0.3) is 0 Å². The normalized spacial score (nSPS) is 14.8. The van der Waals surface area contributed by atoms with Gasteiger partial charge in [0, 0.05) is 13.2 Å². The Labute approximate surface area is 145 Å². The molecule has 0 aliphatic carbocycles. The largest absolute Gasteiger partial charge is 0.312 e. The van der Waals surface area contributed by atoms with E-state index in [4.69, 9.17) is 11.6 Å². The zero-order valence-corrected chi connectivity index (χ0v) is 15.0. The highest BCUT2D eigenvalue weighted by Crippen LogP contribution is 2.39. The number of aromatic nitrogens is 1. The van der Waals surface area contributed by atoms with Gasteiger partial charge in [-0.15, -0.1) is 0 Å². The number of para-hydroxylation sites is 1. The van der Waals surface area contributed by atoms with Crippen LogP contribution in [0.5, 0.6) is 0 Å². The molecule has 1 aromatic heterocycles. The van der Waals surface area contributed by atoms with Crippen molar-refractivity contribution in [1.29, 1.82) is 0 Å². The average molecular weight is 366 g/mol. The molecular formula is C16H16ClN3O3S. The summed E-state index contributed by atoms with van der Waals surface area (Å²) in [5.41, 5.74) is 2.33. The Morgan fingerprint density at radius 3 is 2.58 bits per heavy atom. The highest BCUT2D eigenvalue weighted by Gasteiger charge is 2.36. The number of amides is 1. The monoisotopic (exact) mass is 365 g/mol. The number of hydrogen-bond donors (Lipinski definition) is 0. The molecule has 0 atom stereocenters. The summed E-state index contributed by atoms with van der Waals surface area (Å²) in [4.78, 5) is 17.7. The maximum Gasteiger partial charge on any atom is 0.266 e. The molecule has 0 spiro atoms. The van der Waals surface area contributed by atoms with E-state index in [9.17, 15) is 13.2 Å². The number of benzene rings is 1. The molecule has 1 aliphatic rings. The number of aryl methyl sites for hydroxylation is 2. The summed E-state index contributed by atoms with van der Waals surface area (Å²) < 4.78 is 27.5. The third kappa shape index (κ3) is 2.53. The van der Waals surface area contributed by atoms with Gasteiger partial charge in [-0.2, -0.15) is 0 Å². The molecule has 0 N–H and O–H groups in total. The van der Waals surface area contributed by atoms with Crippen LogP contribution in [0, 0.1) is 13.8 Å². The van der Waals surface area contributed by atoms with Crippen molar-refractivity contribution in [3.63, 3.8) is 0 Å². The minimum atomic E-state index is -3.94. The van der Waals surface area contributed by atoms with Gasteiger partial charge in [-0.1, -0.05) is 23.7 Å². The number of pyridine rings is 1. The lowest BCUT2D eigenvalue weighted by molar-refractivity contribution is -0.117. The van der Waals surface area contributed by atoms with E-state index in [0.29, 0.717) is 16.9 Å². The zero-order chi connectivity index (χ0) is 17.6. The number of likely N-dealkylation sites (N-methyl/N-ethyl adjacent to an activating group) is 1. The van der Waals surface area contributed by atoms with Crippen LogP contribution in [-0.4, -0.2) is 32.9 Å². The Bertz CT molecular complexity index is 944. The molecule has 0 unspecified atom stereocenters. The highest BCUT2D eigenvalue weighted by molar-refractivity contribution is 7.93. The van der Waals surface area contributed by atoms with Crippen LogP contribution >= 0.6 is 11.6 Å². The number of sulfonamides is 1. The minimum absolute atomic E-state index is 0.0402. The van der Waals surface area contributed by atoms with Gasteiger partial charge < -0.3 is 4.90 Å². The number of carbonyl (C=O) groups excluding carboxylic acids is 1. The first-order chi connectivity index (χ1) is 11.2. The topological polar surface area (TPSA) is 70.6 Å². The fourth-order valence-electron chi connectivity index (χ4n) is 2.78. The smallest absolute Gasteiger partial charge is 0.266 e. The Hall–Kier alpha value is -2.12. The quantitative estimate of drug-likeness (QED) is 0.767.